The molecule has 0 radical (unpaired) electrons. The molecule has 1 amide bonds. The molecule has 2 fully saturated rings. The summed E-state index contributed by atoms with van der Waals surface area (Å²) in [6.45, 7) is 3.67. The highest BCUT2D eigenvalue weighted by atomic mass is 35.5. The highest BCUT2D eigenvalue weighted by molar-refractivity contribution is 6.34. The summed E-state index contributed by atoms with van der Waals surface area (Å²) in [6.07, 6.45) is 8.04. The van der Waals surface area contributed by atoms with Crippen LogP contribution in [0, 0.1) is 6.92 Å². The molecule has 0 bridgehead atoms. The second kappa shape index (κ2) is 9.97. The number of nitrogens with zero attached hydrogens (tertiary/aromatic N) is 1. The van der Waals surface area contributed by atoms with Crippen molar-refractivity contribution in [3.8, 4) is 0 Å². The van der Waals surface area contributed by atoms with Crippen molar-refractivity contribution in [1.82, 2.24) is 10.2 Å². The zero-order valence-electron chi connectivity index (χ0n) is 17.0. The highest BCUT2D eigenvalue weighted by Crippen LogP contribution is 2.38. The maximum atomic E-state index is 12.5. The van der Waals surface area contributed by atoms with Gasteiger partial charge in [0.15, 0.2) is 0 Å². The molecule has 0 spiro atoms. The lowest BCUT2D eigenvalue weighted by molar-refractivity contribution is 0.0518. The smallest absolute Gasteiger partial charge is 0.253 e. The van der Waals surface area contributed by atoms with E-state index in [1.165, 1.54) is 50.6 Å². The number of amides is 1. The minimum Gasteiger partial charge on any atom is -0.348 e. The number of rotatable bonds is 4. The summed E-state index contributed by atoms with van der Waals surface area (Å²) >= 11 is 6.27. The van der Waals surface area contributed by atoms with Crippen LogP contribution in [0.2, 0.25) is 5.02 Å². The van der Waals surface area contributed by atoms with Crippen LogP contribution in [0.5, 0.6) is 0 Å². The first-order valence-corrected chi connectivity index (χ1v) is 10.9. The molecule has 2 aromatic carbocycles. The van der Waals surface area contributed by atoms with Gasteiger partial charge >= 0.3 is 0 Å². The molecular formula is C24H30Cl2N2O. The van der Waals surface area contributed by atoms with Gasteiger partial charge in [0.25, 0.3) is 5.91 Å². The third-order valence-electron chi connectivity index (χ3n) is 6.34. The van der Waals surface area contributed by atoms with Crippen LogP contribution in [-0.2, 0) is 6.54 Å². The van der Waals surface area contributed by atoms with Gasteiger partial charge in [0.05, 0.1) is 10.6 Å². The number of fused-ring (bicyclic) bond motifs is 1. The molecule has 2 aliphatic rings. The van der Waals surface area contributed by atoms with Crippen molar-refractivity contribution in [2.45, 2.75) is 64.1 Å². The van der Waals surface area contributed by atoms with Crippen molar-refractivity contribution in [1.29, 1.82) is 0 Å². The van der Waals surface area contributed by atoms with Gasteiger partial charge in [-0.3, -0.25) is 9.69 Å². The molecule has 1 N–H and O–H groups in total. The lowest BCUT2D eigenvalue weighted by Gasteiger charge is -2.45. The van der Waals surface area contributed by atoms with E-state index in [1.807, 2.05) is 19.1 Å². The maximum Gasteiger partial charge on any atom is 0.253 e. The molecule has 2 atom stereocenters. The van der Waals surface area contributed by atoms with Crippen molar-refractivity contribution >= 4 is 29.9 Å². The molecule has 3 nitrogen and oxygen atoms in total. The first-order valence-electron chi connectivity index (χ1n) is 10.5. The SMILES string of the molecule is Cc1cccc(C(=O)NCc2ccc(C3CCCC4CCCCN43)cc2)c1Cl.Cl. The fourth-order valence-electron chi connectivity index (χ4n) is 4.77. The second-order valence-electron chi connectivity index (χ2n) is 8.19. The molecule has 0 saturated carbocycles. The second-order valence-corrected chi connectivity index (χ2v) is 8.57. The van der Waals surface area contributed by atoms with E-state index >= 15 is 0 Å². The van der Waals surface area contributed by atoms with Crippen molar-refractivity contribution < 1.29 is 4.79 Å². The number of halogens is 2. The summed E-state index contributed by atoms with van der Waals surface area (Å²) < 4.78 is 0. The third-order valence-corrected chi connectivity index (χ3v) is 6.84. The number of benzene rings is 2. The number of hydrogen-bond donors (Lipinski definition) is 1. The molecule has 156 valence electrons. The number of piperidine rings is 2. The highest BCUT2D eigenvalue weighted by Gasteiger charge is 2.32. The topological polar surface area (TPSA) is 32.3 Å². The van der Waals surface area contributed by atoms with Gasteiger partial charge in [-0.05, 0) is 68.3 Å². The van der Waals surface area contributed by atoms with Crippen LogP contribution in [0.4, 0.5) is 0 Å². The fourth-order valence-corrected chi connectivity index (χ4v) is 4.98. The first kappa shape index (κ1) is 22.1. The van der Waals surface area contributed by atoms with Crippen molar-refractivity contribution in [2.24, 2.45) is 0 Å². The normalized spacial score (nSPS) is 21.7. The van der Waals surface area contributed by atoms with Gasteiger partial charge in [0, 0.05) is 18.6 Å². The molecule has 5 heteroatoms. The zero-order chi connectivity index (χ0) is 19.5. The Morgan fingerprint density at radius 3 is 2.62 bits per heavy atom. The molecule has 4 rings (SSSR count). The zero-order valence-corrected chi connectivity index (χ0v) is 18.6. The predicted octanol–water partition coefficient (Wildman–Crippen LogP) is 6.08. The van der Waals surface area contributed by atoms with E-state index in [2.05, 4.69) is 34.5 Å². The largest absolute Gasteiger partial charge is 0.348 e. The van der Waals surface area contributed by atoms with Crippen LogP contribution in [0.3, 0.4) is 0 Å². The van der Waals surface area contributed by atoms with Crippen molar-refractivity contribution in [2.75, 3.05) is 6.54 Å². The van der Waals surface area contributed by atoms with Gasteiger partial charge < -0.3 is 5.32 Å². The van der Waals surface area contributed by atoms with Gasteiger partial charge in [-0.1, -0.05) is 54.4 Å². The van der Waals surface area contributed by atoms with Crippen LogP contribution in [0.25, 0.3) is 0 Å². The van der Waals surface area contributed by atoms with E-state index in [-0.39, 0.29) is 18.3 Å². The number of aryl methyl sites for hydroxylation is 1. The van der Waals surface area contributed by atoms with E-state index in [1.54, 1.807) is 6.07 Å². The van der Waals surface area contributed by atoms with Gasteiger partial charge in [0.1, 0.15) is 0 Å². The molecule has 2 heterocycles. The van der Waals surface area contributed by atoms with E-state index in [9.17, 15) is 4.79 Å². The van der Waals surface area contributed by atoms with Crippen molar-refractivity contribution in [3.05, 3.63) is 69.7 Å². The van der Waals surface area contributed by atoms with Gasteiger partial charge in [-0.25, -0.2) is 0 Å². The van der Waals surface area contributed by atoms with Gasteiger partial charge in [-0.15, -0.1) is 12.4 Å². The molecular weight excluding hydrogens is 403 g/mol. The minimum atomic E-state index is -0.124. The summed E-state index contributed by atoms with van der Waals surface area (Å²) in [4.78, 5) is 15.2. The molecule has 2 aromatic rings. The molecule has 2 aliphatic heterocycles. The average Bonchev–Trinajstić information content (AvgIpc) is 2.74. The Morgan fingerprint density at radius 2 is 1.83 bits per heavy atom. The third kappa shape index (κ3) is 4.96. The summed E-state index contributed by atoms with van der Waals surface area (Å²) in [7, 11) is 0. The maximum absolute atomic E-state index is 12.5. The fraction of sp³-hybridized carbons (Fsp3) is 0.458. The molecule has 0 aliphatic carbocycles. The lowest BCUT2D eigenvalue weighted by Crippen LogP contribution is -2.44. The number of carbonyl (C=O) groups excluding carboxylic acids is 1. The first-order chi connectivity index (χ1) is 13.6. The molecule has 2 unspecified atom stereocenters. The average molecular weight is 433 g/mol. The summed E-state index contributed by atoms with van der Waals surface area (Å²) in [5, 5.41) is 3.53. The summed E-state index contributed by atoms with van der Waals surface area (Å²) in [5.74, 6) is -0.124. The quantitative estimate of drug-likeness (QED) is 0.634. The Bertz CT molecular complexity index is 835. The Kier molecular flexibility index (Phi) is 7.61. The molecule has 2 saturated heterocycles. The standard InChI is InChI=1S/C24H29ClN2O.ClH/c1-17-6-4-9-21(23(17)25)24(28)26-16-18-11-13-19(14-12-18)22-10-5-8-20-7-2-3-15-27(20)22;/h4,6,9,11-14,20,22H,2-3,5,7-8,10,15-16H2,1H3,(H,26,28);1H. The molecule has 0 aromatic heterocycles. The Labute approximate surface area is 185 Å². The Balaban J connectivity index is 0.00000240. The van der Waals surface area contributed by atoms with Crippen LogP contribution in [0.1, 0.15) is 71.6 Å². The number of hydrogen-bond acceptors (Lipinski definition) is 2. The van der Waals surface area contributed by atoms with Crippen LogP contribution < -0.4 is 5.32 Å². The Hall–Kier alpha value is -1.55. The van der Waals surface area contributed by atoms with Crippen molar-refractivity contribution in [3.63, 3.8) is 0 Å². The van der Waals surface area contributed by atoms with E-state index in [4.69, 9.17) is 11.6 Å². The predicted molar refractivity (Wildman–Crippen MR) is 122 cm³/mol. The lowest BCUT2D eigenvalue weighted by atomic mass is 9.86. The summed E-state index contributed by atoms with van der Waals surface area (Å²) in [5.41, 5.74) is 3.99. The number of carbonyl (C=O) groups is 1. The van der Waals surface area contributed by atoms with Gasteiger partial charge in [0.2, 0.25) is 0 Å². The van der Waals surface area contributed by atoms with E-state index in [0.717, 1.165) is 17.2 Å². The Morgan fingerprint density at radius 1 is 1.07 bits per heavy atom. The summed E-state index contributed by atoms with van der Waals surface area (Å²) in [6, 6.07) is 15.7. The minimum absolute atomic E-state index is 0. The van der Waals surface area contributed by atoms with E-state index < -0.39 is 0 Å². The monoisotopic (exact) mass is 432 g/mol. The van der Waals surface area contributed by atoms with Crippen LogP contribution >= 0.6 is 24.0 Å². The van der Waals surface area contributed by atoms with E-state index in [0.29, 0.717) is 23.2 Å². The van der Waals surface area contributed by atoms with Crippen LogP contribution in [0.15, 0.2) is 42.5 Å². The number of nitrogens with one attached hydrogen (secondary N) is 1. The van der Waals surface area contributed by atoms with Crippen LogP contribution in [-0.4, -0.2) is 23.4 Å². The van der Waals surface area contributed by atoms with Gasteiger partial charge in [-0.2, -0.15) is 0 Å². The molecule has 29 heavy (non-hydrogen) atoms.